The van der Waals surface area contributed by atoms with Crippen LogP contribution in [0.1, 0.15) is 22.2 Å². The Morgan fingerprint density at radius 1 is 0.968 bits per heavy atom. The fraction of sp³-hybridized carbons (Fsp3) is 0.0870. The Balaban J connectivity index is 1.37. The third-order valence-corrected chi connectivity index (χ3v) is 6.11. The topological polar surface area (TPSA) is 80.3 Å². The molecule has 0 fully saturated rings. The van der Waals surface area contributed by atoms with Gasteiger partial charge >= 0.3 is 0 Å². The molecule has 0 bridgehead atoms. The molecule has 0 saturated heterocycles. The van der Waals surface area contributed by atoms with Crippen LogP contribution in [0.2, 0.25) is 0 Å². The molecular weight excluding hydrogens is 430 g/mol. The van der Waals surface area contributed by atoms with E-state index in [2.05, 4.69) is 15.6 Å². The van der Waals surface area contributed by atoms with Crippen molar-refractivity contribution in [3.8, 4) is 22.1 Å². The SMILES string of the molecule is CC(=O)NCc1ccc(-c2csc(NC(=O)c3ccc(Oc4ccccc4)cc3)n2)s1. The summed E-state index contributed by atoms with van der Waals surface area (Å²) in [6.07, 6.45) is 0. The second-order valence-electron chi connectivity index (χ2n) is 6.61. The van der Waals surface area contributed by atoms with Crippen LogP contribution in [-0.4, -0.2) is 16.8 Å². The van der Waals surface area contributed by atoms with Crippen molar-refractivity contribution in [2.75, 3.05) is 5.32 Å². The van der Waals surface area contributed by atoms with E-state index in [4.69, 9.17) is 4.74 Å². The zero-order valence-corrected chi connectivity index (χ0v) is 18.3. The Morgan fingerprint density at radius 2 is 1.71 bits per heavy atom. The molecule has 0 radical (unpaired) electrons. The number of nitrogens with zero attached hydrogens (tertiary/aromatic N) is 1. The van der Waals surface area contributed by atoms with Crippen LogP contribution in [0.3, 0.4) is 0 Å². The van der Waals surface area contributed by atoms with Gasteiger partial charge in [-0.15, -0.1) is 22.7 Å². The lowest BCUT2D eigenvalue weighted by Gasteiger charge is -2.06. The van der Waals surface area contributed by atoms with Crippen LogP contribution in [-0.2, 0) is 11.3 Å². The predicted molar refractivity (Wildman–Crippen MR) is 124 cm³/mol. The van der Waals surface area contributed by atoms with Gasteiger partial charge in [-0.25, -0.2) is 4.98 Å². The van der Waals surface area contributed by atoms with E-state index in [0.717, 1.165) is 21.2 Å². The van der Waals surface area contributed by atoms with E-state index in [9.17, 15) is 9.59 Å². The summed E-state index contributed by atoms with van der Waals surface area (Å²) in [6, 6.07) is 20.4. The van der Waals surface area contributed by atoms with Gasteiger partial charge in [-0.2, -0.15) is 0 Å². The van der Waals surface area contributed by atoms with Gasteiger partial charge in [-0.1, -0.05) is 18.2 Å². The molecule has 4 rings (SSSR count). The summed E-state index contributed by atoms with van der Waals surface area (Å²) in [6.45, 7) is 1.99. The molecular formula is C23H19N3O3S2. The second-order valence-corrected chi connectivity index (χ2v) is 8.63. The van der Waals surface area contributed by atoms with Crippen molar-refractivity contribution in [3.63, 3.8) is 0 Å². The lowest BCUT2D eigenvalue weighted by atomic mass is 10.2. The quantitative estimate of drug-likeness (QED) is 0.387. The van der Waals surface area contributed by atoms with Crippen molar-refractivity contribution in [2.24, 2.45) is 0 Å². The smallest absolute Gasteiger partial charge is 0.257 e. The maximum absolute atomic E-state index is 12.6. The molecule has 0 spiro atoms. The second kappa shape index (κ2) is 9.55. The number of aromatic nitrogens is 1. The minimum atomic E-state index is -0.232. The molecule has 2 N–H and O–H groups in total. The normalized spacial score (nSPS) is 10.5. The molecule has 156 valence electrons. The standard InChI is InChI=1S/C23H19N3O3S2/c1-15(27)24-13-19-11-12-21(31-19)20-14-30-23(25-20)26-22(28)16-7-9-18(10-8-16)29-17-5-3-2-4-6-17/h2-12,14H,13H2,1H3,(H,24,27)(H,25,26,28). The van der Waals surface area contributed by atoms with Gasteiger partial charge in [0.1, 0.15) is 11.5 Å². The van der Waals surface area contributed by atoms with Crippen LogP contribution in [0.5, 0.6) is 11.5 Å². The molecule has 8 heteroatoms. The molecule has 0 aliphatic carbocycles. The van der Waals surface area contributed by atoms with Crippen LogP contribution in [0, 0.1) is 0 Å². The van der Waals surface area contributed by atoms with E-state index in [0.29, 0.717) is 23.0 Å². The highest BCUT2D eigenvalue weighted by Crippen LogP contribution is 2.31. The van der Waals surface area contributed by atoms with Crippen molar-refractivity contribution in [2.45, 2.75) is 13.5 Å². The van der Waals surface area contributed by atoms with Crippen LogP contribution >= 0.6 is 22.7 Å². The molecule has 0 atom stereocenters. The molecule has 2 amide bonds. The minimum Gasteiger partial charge on any atom is -0.457 e. The van der Waals surface area contributed by atoms with E-state index in [1.807, 2.05) is 47.8 Å². The van der Waals surface area contributed by atoms with Crippen LogP contribution in [0.4, 0.5) is 5.13 Å². The number of thiophene rings is 1. The van der Waals surface area contributed by atoms with E-state index < -0.39 is 0 Å². The maximum atomic E-state index is 12.6. The summed E-state index contributed by atoms with van der Waals surface area (Å²) in [5.74, 6) is 1.11. The van der Waals surface area contributed by atoms with E-state index in [-0.39, 0.29) is 11.8 Å². The third kappa shape index (κ3) is 5.56. The molecule has 31 heavy (non-hydrogen) atoms. The van der Waals surface area contributed by atoms with E-state index >= 15 is 0 Å². The highest BCUT2D eigenvalue weighted by atomic mass is 32.1. The number of carbonyl (C=O) groups excluding carboxylic acids is 2. The molecule has 2 aromatic heterocycles. The van der Waals surface area contributed by atoms with Crippen LogP contribution in [0.15, 0.2) is 72.1 Å². The Labute approximate surface area is 187 Å². The number of hydrogen-bond acceptors (Lipinski definition) is 6. The first-order valence-electron chi connectivity index (χ1n) is 9.50. The average molecular weight is 450 g/mol. The Hall–Kier alpha value is -3.49. The van der Waals surface area contributed by atoms with Gasteiger partial charge in [-0.05, 0) is 48.5 Å². The van der Waals surface area contributed by atoms with Crippen molar-refractivity contribution < 1.29 is 14.3 Å². The lowest BCUT2D eigenvalue weighted by molar-refractivity contribution is -0.119. The highest BCUT2D eigenvalue weighted by molar-refractivity contribution is 7.17. The molecule has 0 aliphatic rings. The highest BCUT2D eigenvalue weighted by Gasteiger charge is 2.12. The van der Waals surface area contributed by atoms with Crippen molar-refractivity contribution >= 4 is 39.6 Å². The summed E-state index contributed by atoms with van der Waals surface area (Å²) in [7, 11) is 0. The molecule has 6 nitrogen and oxygen atoms in total. The number of amides is 2. The number of carbonyl (C=O) groups is 2. The average Bonchev–Trinajstić information content (AvgIpc) is 3.43. The number of thiazole rings is 1. The molecule has 0 saturated carbocycles. The number of rotatable bonds is 7. The van der Waals surface area contributed by atoms with Crippen molar-refractivity contribution in [1.29, 1.82) is 0 Å². The summed E-state index contributed by atoms with van der Waals surface area (Å²) < 4.78 is 5.75. The van der Waals surface area contributed by atoms with Gasteiger partial charge in [0, 0.05) is 22.7 Å². The monoisotopic (exact) mass is 449 g/mol. The molecule has 2 aromatic carbocycles. The fourth-order valence-electron chi connectivity index (χ4n) is 2.73. The maximum Gasteiger partial charge on any atom is 0.257 e. The molecule has 2 heterocycles. The number of para-hydroxylation sites is 1. The largest absolute Gasteiger partial charge is 0.457 e. The Bertz CT molecular complexity index is 1180. The molecule has 4 aromatic rings. The number of ether oxygens (including phenoxy) is 1. The van der Waals surface area contributed by atoms with Gasteiger partial charge in [0.2, 0.25) is 5.91 Å². The van der Waals surface area contributed by atoms with Crippen LogP contribution in [0.25, 0.3) is 10.6 Å². The van der Waals surface area contributed by atoms with Gasteiger partial charge in [0.15, 0.2) is 5.13 Å². The van der Waals surface area contributed by atoms with Gasteiger partial charge < -0.3 is 10.1 Å². The Morgan fingerprint density at radius 3 is 2.45 bits per heavy atom. The zero-order chi connectivity index (χ0) is 21.6. The first-order valence-corrected chi connectivity index (χ1v) is 11.2. The first-order chi connectivity index (χ1) is 15.1. The van der Waals surface area contributed by atoms with E-state index in [1.54, 1.807) is 35.6 Å². The number of benzene rings is 2. The first kappa shape index (κ1) is 20.8. The molecule has 0 unspecified atom stereocenters. The van der Waals surface area contributed by atoms with Gasteiger partial charge in [-0.3, -0.25) is 14.9 Å². The number of anilines is 1. The summed E-state index contributed by atoms with van der Waals surface area (Å²) in [4.78, 5) is 30.2. The summed E-state index contributed by atoms with van der Waals surface area (Å²) in [5, 5.41) is 8.05. The lowest BCUT2D eigenvalue weighted by Crippen LogP contribution is -2.17. The number of nitrogens with one attached hydrogen (secondary N) is 2. The summed E-state index contributed by atoms with van der Waals surface area (Å²) in [5.41, 5.74) is 1.32. The van der Waals surface area contributed by atoms with Crippen LogP contribution < -0.4 is 15.4 Å². The Kier molecular flexibility index (Phi) is 6.40. The molecule has 0 aliphatic heterocycles. The van der Waals surface area contributed by atoms with E-state index in [1.165, 1.54) is 18.3 Å². The van der Waals surface area contributed by atoms with Gasteiger partial charge in [0.05, 0.1) is 17.1 Å². The summed E-state index contributed by atoms with van der Waals surface area (Å²) >= 11 is 2.93. The van der Waals surface area contributed by atoms with Gasteiger partial charge in [0.25, 0.3) is 5.91 Å². The zero-order valence-electron chi connectivity index (χ0n) is 16.6. The number of hydrogen-bond donors (Lipinski definition) is 2. The van der Waals surface area contributed by atoms with Crippen molar-refractivity contribution in [3.05, 3.63) is 82.6 Å². The third-order valence-electron chi connectivity index (χ3n) is 4.25. The predicted octanol–water partition coefficient (Wildman–Crippen LogP) is 5.55. The van der Waals surface area contributed by atoms with Crippen molar-refractivity contribution in [1.82, 2.24) is 10.3 Å². The minimum absolute atomic E-state index is 0.0618. The fourth-order valence-corrected chi connectivity index (χ4v) is 4.42.